The molecule has 0 aliphatic rings. The van der Waals surface area contributed by atoms with Crippen molar-refractivity contribution in [3.8, 4) is 22.7 Å². The van der Waals surface area contributed by atoms with Crippen molar-refractivity contribution in [2.24, 2.45) is 0 Å². The summed E-state index contributed by atoms with van der Waals surface area (Å²) < 4.78 is 1.68. The van der Waals surface area contributed by atoms with E-state index in [2.05, 4.69) is 6.07 Å². The van der Waals surface area contributed by atoms with Gasteiger partial charge in [0.2, 0.25) is 0 Å². The van der Waals surface area contributed by atoms with E-state index in [1.54, 1.807) is 35.3 Å². The lowest BCUT2D eigenvalue weighted by Gasteiger charge is -2.07. The maximum Gasteiger partial charge on any atom is 0.104 e. The van der Waals surface area contributed by atoms with Gasteiger partial charge >= 0.3 is 0 Å². The molecule has 3 rings (SSSR count). The average Bonchev–Trinajstić information content (AvgIpc) is 3.11. The minimum atomic E-state index is 0.356. The highest BCUT2D eigenvalue weighted by Gasteiger charge is 2.14. The van der Waals surface area contributed by atoms with Gasteiger partial charge in [0.1, 0.15) is 19.2 Å². The fourth-order valence-corrected chi connectivity index (χ4v) is 2.93. The number of fused-ring (bicyclic) bond motifs is 1. The molecular formula is C15H9N3OS. The van der Waals surface area contributed by atoms with Crippen LogP contribution in [-0.4, -0.2) is 11.8 Å². The van der Waals surface area contributed by atoms with Crippen molar-refractivity contribution in [3.63, 3.8) is 0 Å². The number of nitriles is 2. The Morgan fingerprint density at radius 2 is 1.90 bits per heavy atom. The van der Waals surface area contributed by atoms with Crippen LogP contribution in [0, 0.1) is 22.7 Å². The van der Waals surface area contributed by atoms with E-state index in [-0.39, 0.29) is 0 Å². The van der Waals surface area contributed by atoms with Crippen LogP contribution in [0.1, 0.15) is 11.1 Å². The first-order valence-electron chi connectivity index (χ1n) is 5.86. The van der Waals surface area contributed by atoms with Crippen molar-refractivity contribution in [1.82, 2.24) is 4.73 Å². The molecule has 0 aliphatic heterocycles. The van der Waals surface area contributed by atoms with Crippen molar-refractivity contribution >= 4 is 22.2 Å². The first-order valence-corrected chi connectivity index (χ1v) is 6.74. The third kappa shape index (κ3) is 1.73. The molecule has 0 aliphatic carbocycles. The zero-order valence-electron chi connectivity index (χ0n) is 10.6. The zero-order valence-corrected chi connectivity index (χ0v) is 11.4. The Bertz CT molecular complexity index is 863. The molecular weight excluding hydrogens is 270 g/mol. The normalized spacial score (nSPS) is 10.2. The third-order valence-corrected chi connectivity index (χ3v) is 3.99. The van der Waals surface area contributed by atoms with Gasteiger partial charge in [0, 0.05) is 5.39 Å². The summed E-state index contributed by atoms with van der Waals surface area (Å²) in [4.78, 5) is 6.50. The number of hydrogen-bond donors (Lipinski definition) is 0. The summed E-state index contributed by atoms with van der Waals surface area (Å²) in [5.74, 6) is 0. The molecule has 2 aromatic heterocycles. The van der Waals surface area contributed by atoms with E-state index < -0.39 is 0 Å². The Morgan fingerprint density at radius 3 is 2.50 bits per heavy atom. The molecule has 0 fully saturated rings. The van der Waals surface area contributed by atoms with Crippen LogP contribution in [-0.2, 0) is 0 Å². The van der Waals surface area contributed by atoms with Crippen LogP contribution < -0.4 is 4.84 Å². The zero-order chi connectivity index (χ0) is 14.1. The van der Waals surface area contributed by atoms with Gasteiger partial charge in [0.15, 0.2) is 0 Å². The van der Waals surface area contributed by atoms with Crippen LogP contribution in [0.25, 0.3) is 21.5 Å². The van der Waals surface area contributed by atoms with Crippen LogP contribution >= 0.6 is 11.3 Å². The first-order chi connectivity index (χ1) is 9.78. The molecule has 5 heteroatoms. The van der Waals surface area contributed by atoms with Crippen LogP contribution in [0.3, 0.4) is 0 Å². The lowest BCUT2D eigenvalue weighted by molar-refractivity contribution is 0.183. The van der Waals surface area contributed by atoms with E-state index in [9.17, 15) is 0 Å². The monoisotopic (exact) mass is 279 g/mol. The molecule has 0 bridgehead atoms. The maximum absolute atomic E-state index is 9.11. The molecule has 96 valence electrons. The molecule has 2 heterocycles. The second kappa shape index (κ2) is 4.73. The fourth-order valence-electron chi connectivity index (χ4n) is 2.21. The van der Waals surface area contributed by atoms with Crippen LogP contribution in [0.15, 0.2) is 35.7 Å². The van der Waals surface area contributed by atoms with E-state index in [1.165, 1.54) is 0 Å². The van der Waals surface area contributed by atoms with Crippen molar-refractivity contribution in [2.75, 3.05) is 7.11 Å². The highest BCUT2D eigenvalue weighted by atomic mass is 32.1. The molecule has 0 amide bonds. The second-order valence-corrected chi connectivity index (χ2v) is 5.11. The van der Waals surface area contributed by atoms with Gasteiger partial charge in [-0.05, 0) is 29.6 Å². The van der Waals surface area contributed by atoms with Gasteiger partial charge in [-0.2, -0.15) is 15.3 Å². The molecule has 0 unspecified atom stereocenters. The Morgan fingerprint density at radius 1 is 1.15 bits per heavy atom. The number of rotatable bonds is 2. The van der Waals surface area contributed by atoms with E-state index in [1.807, 2.05) is 29.6 Å². The number of aromatic nitrogens is 1. The first kappa shape index (κ1) is 12.3. The van der Waals surface area contributed by atoms with Gasteiger partial charge in [-0.15, -0.1) is 11.3 Å². The van der Waals surface area contributed by atoms with Gasteiger partial charge in [0.05, 0.1) is 27.2 Å². The molecule has 0 radical (unpaired) electrons. The molecule has 0 saturated heterocycles. The van der Waals surface area contributed by atoms with Crippen LogP contribution in [0.2, 0.25) is 0 Å². The average molecular weight is 279 g/mol. The highest BCUT2D eigenvalue weighted by molar-refractivity contribution is 7.13. The predicted octanol–water partition coefficient (Wildman–Crippen LogP) is 3.17. The van der Waals surface area contributed by atoms with Gasteiger partial charge < -0.3 is 4.84 Å². The summed E-state index contributed by atoms with van der Waals surface area (Å²) in [5, 5.41) is 21.1. The Kier molecular flexibility index (Phi) is 2.90. The molecule has 4 nitrogen and oxygen atoms in total. The largest absolute Gasteiger partial charge is 0.416 e. The molecule has 20 heavy (non-hydrogen) atoms. The Balaban J connectivity index is 2.36. The van der Waals surface area contributed by atoms with Crippen LogP contribution in [0.4, 0.5) is 0 Å². The number of thiophene rings is 1. The molecule has 1 aromatic carbocycles. The second-order valence-electron chi connectivity index (χ2n) is 4.16. The minimum Gasteiger partial charge on any atom is -0.416 e. The molecule has 3 aromatic rings. The summed E-state index contributed by atoms with van der Waals surface area (Å²) in [5.41, 5.74) is 2.43. The molecule has 0 atom stereocenters. The predicted molar refractivity (Wildman–Crippen MR) is 77.2 cm³/mol. The molecule has 0 spiro atoms. The van der Waals surface area contributed by atoms with Gasteiger partial charge in [-0.3, -0.25) is 0 Å². The smallest absolute Gasteiger partial charge is 0.104 e. The topological polar surface area (TPSA) is 61.7 Å². The fraction of sp³-hybridized carbons (Fsp3) is 0.0667. The van der Waals surface area contributed by atoms with Gasteiger partial charge in [0.25, 0.3) is 0 Å². The van der Waals surface area contributed by atoms with Crippen molar-refractivity contribution in [2.45, 2.75) is 0 Å². The summed E-state index contributed by atoms with van der Waals surface area (Å²) in [7, 11) is 1.58. The SMILES string of the molecule is COn1c(-c2cccs2)cc2cc(C#N)c(C#N)cc21. The molecule has 0 saturated carbocycles. The number of nitrogens with zero attached hydrogens (tertiary/aromatic N) is 3. The van der Waals surface area contributed by atoms with E-state index in [0.29, 0.717) is 11.1 Å². The lowest BCUT2D eigenvalue weighted by atomic mass is 10.1. The van der Waals surface area contributed by atoms with Crippen molar-refractivity contribution < 1.29 is 4.84 Å². The summed E-state index contributed by atoms with van der Waals surface area (Å²) in [6, 6.07) is 13.4. The Hall–Kier alpha value is -2.76. The van der Waals surface area contributed by atoms with Crippen molar-refractivity contribution in [1.29, 1.82) is 10.5 Å². The minimum absolute atomic E-state index is 0.356. The van der Waals surface area contributed by atoms with Gasteiger partial charge in [-0.25, -0.2) is 0 Å². The van der Waals surface area contributed by atoms with E-state index in [4.69, 9.17) is 15.4 Å². The summed E-state index contributed by atoms with van der Waals surface area (Å²) >= 11 is 1.61. The van der Waals surface area contributed by atoms with E-state index >= 15 is 0 Å². The number of benzene rings is 1. The summed E-state index contributed by atoms with van der Waals surface area (Å²) in [6.07, 6.45) is 0. The van der Waals surface area contributed by atoms with E-state index in [0.717, 1.165) is 21.5 Å². The van der Waals surface area contributed by atoms with Gasteiger partial charge in [-0.1, -0.05) is 6.07 Å². The number of hydrogen-bond acceptors (Lipinski definition) is 4. The Labute approximate surface area is 119 Å². The van der Waals surface area contributed by atoms with Crippen molar-refractivity contribution in [3.05, 3.63) is 46.8 Å². The standard InChI is InChI=1S/C15H9N3OS/c1-19-18-13-7-12(9-17)11(8-16)5-10(13)6-14(18)15-3-2-4-20-15/h2-7H,1H3. The quantitative estimate of drug-likeness (QED) is 0.723. The lowest BCUT2D eigenvalue weighted by Crippen LogP contribution is -2.06. The molecule has 0 N–H and O–H groups in total. The maximum atomic E-state index is 9.11. The third-order valence-electron chi connectivity index (χ3n) is 3.09. The highest BCUT2D eigenvalue weighted by Crippen LogP contribution is 2.31. The van der Waals surface area contributed by atoms with Crippen LogP contribution in [0.5, 0.6) is 0 Å². The summed E-state index contributed by atoms with van der Waals surface area (Å²) in [6.45, 7) is 0.